The number of nitrogens with one attached hydrogen (secondary N) is 2. The van der Waals surface area contributed by atoms with E-state index in [-0.39, 0.29) is 34.7 Å². The predicted octanol–water partition coefficient (Wildman–Crippen LogP) is 3.29. The minimum absolute atomic E-state index is 0. The number of benzene rings is 1. The minimum Gasteiger partial charge on any atom is -0.462 e. The number of hydrogen-bond donors (Lipinski definition) is 2. The Labute approximate surface area is 166 Å². The highest BCUT2D eigenvalue weighted by Crippen LogP contribution is 2.19. The highest BCUT2D eigenvalue weighted by atomic mass is 127. The quantitative estimate of drug-likeness (QED) is 0.280. The third-order valence-corrected chi connectivity index (χ3v) is 4.63. The number of thioether (sulfide) groups is 1. The highest BCUT2D eigenvalue weighted by molar-refractivity contribution is 14.0. The summed E-state index contributed by atoms with van der Waals surface area (Å²) in [6.07, 6.45) is 2.10. The number of guanidine groups is 1. The van der Waals surface area contributed by atoms with E-state index < -0.39 is 0 Å². The van der Waals surface area contributed by atoms with Crippen molar-refractivity contribution in [2.75, 3.05) is 26.5 Å². The van der Waals surface area contributed by atoms with Crippen LogP contribution in [0.5, 0.6) is 0 Å². The summed E-state index contributed by atoms with van der Waals surface area (Å²) in [7, 11) is 1.76. The molecule has 1 aromatic carbocycles. The lowest BCUT2D eigenvalue weighted by atomic mass is 10.1. The Balaban J connectivity index is 0.00000529. The molecule has 0 aliphatic rings. The first kappa shape index (κ1) is 23.0. The summed E-state index contributed by atoms with van der Waals surface area (Å²) < 4.78 is 5.12. The van der Waals surface area contributed by atoms with Gasteiger partial charge in [0.2, 0.25) is 0 Å². The van der Waals surface area contributed by atoms with E-state index >= 15 is 0 Å². The molecule has 0 atom stereocenters. The van der Waals surface area contributed by atoms with Gasteiger partial charge in [-0.1, -0.05) is 12.1 Å². The lowest BCUT2D eigenvalue weighted by molar-refractivity contribution is 0.0526. The Bertz CT molecular complexity index is 533. The first-order valence-corrected chi connectivity index (χ1v) is 8.90. The van der Waals surface area contributed by atoms with Crippen LogP contribution in [0.25, 0.3) is 0 Å². The molecule has 5 nitrogen and oxygen atoms in total. The number of ether oxygens (including phenoxy) is 1. The summed E-state index contributed by atoms with van der Waals surface area (Å²) >= 11 is 1.81. The molecule has 0 aromatic heterocycles. The van der Waals surface area contributed by atoms with E-state index in [1.54, 1.807) is 26.1 Å². The minimum atomic E-state index is -0.288. The van der Waals surface area contributed by atoms with Crippen molar-refractivity contribution in [1.82, 2.24) is 10.6 Å². The molecule has 0 aliphatic heterocycles. The van der Waals surface area contributed by atoms with E-state index in [1.807, 2.05) is 23.9 Å². The molecule has 0 amide bonds. The van der Waals surface area contributed by atoms with Crippen molar-refractivity contribution in [1.29, 1.82) is 0 Å². The molecule has 0 bridgehead atoms. The number of nitrogens with zero attached hydrogens (tertiary/aromatic N) is 1. The van der Waals surface area contributed by atoms with Crippen LogP contribution in [0.15, 0.2) is 29.3 Å². The lowest BCUT2D eigenvalue weighted by Crippen LogP contribution is -2.42. The number of esters is 1. The van der Waals surface area contributed by atoms with Gasteiger partial charge in [0.1, 0.15) is 0 Å². The van der Waals surface area contributed by atoms with Gasteiger partial charge in [0.05, 0.1) is 12.2 Å². The maximum Gasteiger partial charge on any atom is 0.338 e. The molecule has 0 fully saturated rings. The number of carbonyl (C=O) groups excluding carboxylic acids is 1. The molecular formula is C17H28IN3O2S. The summed E-state index contributed by atoms with van der Waals surface area (Å²) in [5.74, 6) is 0.477. The zero-order valence-corrected chi connectivity index (χ0v) is 18.2. The zero-order valence-electron chi connectivity index (χ0n) is 15.0. The van der Waals surface area contributed by atoms with Gasteiger partial charge < -0.3 is 15.4 Å². The van der Waals surface area contributed by atoms with E-state index in [0.29, 0.717) is 18.7 Å². The Hall–Kier alpha value is -0.960. The van der Waals surface area contributed by atoms with Gasteiger partial charge in [-0.15, -0.1) is 24.0 Å². The van der Waals surface area contributed by atoms with Crippen LogP contribution in [-0.4, -0.2) is 43.1 Å². The Morgan fingerprint density at radius 1 is 1.25 bits per heavy atom. The summed E-state index contributed by atoms with van der Waals surface area (Å²) in [5.41, 5.74) is 1.64. The van der Waals surface area contributed by atoms with Gasteiger partial charge in [-0.05, 0) is 44.7 Å². The number of carbonyl (C=O) groups is 1. The van der Waals surface area contributed by atoms with E-state index in [0.717, 1.165) is 18.1 Å². The van der Waals surface area contributed by atoms with Crippen molar-refractivity contribution in [2.24, 2.45) is 4.99 Å². The van der Waals surface area contributed by atoms with Crippen molar-refractivity contribution >= 4 is 47.7 Å². The molecule has 1 rings (SSSR count). The fraction of sp³-hybridized carbons (Fsp3) is 0.529. The van der Waals surface area contributed by atoms with E-state index in [4.69, 9.17) is 4.74 Å². The van der Waals surface area contributed by atoms with Crippen molar-refractivity contribution < 1.29 is 9.53 Å². The molecule has 24 heavy (non-hydrogen) atoms. The van der Waals surface area contributed by atoms with E-state index in [1.165, 1.54) is 0 Å². The molecule has 0 heterocycles. The largest absolute Gasteiger partial charge is 0.462 e. The standard InChI is InChI=1S/C17H27N3O2S.HI/c1-6-22-15(21)14-9-7-13(8-10-14)11-19-16(18-4)20-12-17(2,3)23-5;/h7-10H,6,11-12H2,1-5H3,(H2,18,19,20);1H. The van der Waals surface area contributed by atoms with Crippen LogP contribution >= 0.6 is 35.7 Å². The maximum atomic E-state index is 11.6. The van der Waals surface area contributed by atoms with Crippen LogP contribution in [0.1, 0.15) is 36.7 Å². The van der Waals surface area contributed by atoms with Gasteiger partial charge >= 0.3 is 5.97 Å². The molecular weight excluding hydrogens is 437 g/mol. The van der Waals surface area contributed by atoms with E-state index in [9.17, 15) is 4.79 Å². The van der Waals surface area contributed by atoms with Gasteiger partial charge in [-0.3, -0.25) is 4.99 Å². The Morgan fingerprint density at radius 2 is 1.88 bits per heavy atom. The summed E-state index contributed by atoms with van der Waals surface area (Å²) in [6, 6.07) is 7.39. The maximum absolute atomic E-state index is 11.6. The average molecular weight is 465 g/mol. The van der Waals surface area contributed by atoms with Crippen LogP contribution < -0.4 is 10.6 Å². The monoisotopic (exact) mass is 465 g/mol. The zero-order chi connectivity index (χ0) is 17.3. The Kier molecular flexibility index (Phi) is 11.1. The van der Waals surface area contributed by atoms with Crippen LogP contribution in [0, 0.1) is 0 Å². The van der Waals surface area contributed by atoms with Crippen LogP contribution in [-0.2, 0) is 11.3 Å². The fourth-order valence-electron chi connectivity index (χ4n) is 1.75. The molecule has 0 spiro atoms. The van der Waals surface area contributed by atoms with Crippen molar-refractivity contribution in [3.63, 3.8) is 0 Å². The van der Waals surface area contributed by atoms with Crippen LogP contribution in [0.4, 0.5) is 0 Å². The smallest absolute Gasteiger partial charge is 0.338 e. The topological polar surface area (TPSA) is 62.7 Å². The third kappa shape index (κ3) is 8.23. The number of halogens is 1. The molecule has 0 saturated carbocycles. The highest BCUT2D eigenvalue weighted by Gasteiger charge is 2.16. The van der Waals surface area contributed by atoms with Crippen molar-refractivity contribution in [3.05, 3.63) is 35.4 Å². The molecule has 7 heteroatoms. The molecule has 0 unspecified atom stereocenters. The number of hydrogen-bond acceptors (Lipinski definition) is 4. The second-order valence-corrected chi connectivity index (χ2v) is 7.17. The fourth-order valence-corrected chi connectivity index (χ4v) is 1.96. The third-order valence-electron chi connectivity index (χ3n) is 3.38. The Morgan fingerprint density at radius 3 is 2.38 bits per heavy atom. The van der Waals surface area contributed by atoms with Gasteiger partial charge in [-0.25, -0.2) is 4.79 Å². The van der Waals surface area contributed by atoms with Crippen LogP contribution in [0.3, 0.4) is 0 Å². The molecule has 2 N–H and O–H groups in total. The normalized spacial score (nSPS) is 11.5. The SMILES string of the molecule is CCOC(=O)c1ccc(CNC(=NC)NCC(C)(C)SC)cc1.I. The predicted molar refractivity (Wildman–Crippen MR) is 114 cm³/mol. The second-order valence-electron chi connectivity index (χ2n) is 5.66. The first-order chi connectivity index (χ1) is 10.9. The van der Waals surface area contributed by atoms with Crippen molar-refractivity contribution in [3.8, 4) is 0 Å². The lowest BCUT2D eigenvalue weighted by Gasteiger charge is -2.23. The van der Waals surface area contributed by atoms with E-state index in [2.05, 4.69) is 35.7 Å². The molecule has 0 radical (unpaired) electrons. The first-order valence-electron chi connectivity index (χ1n) is 7.67. The molecule has 0 saturated heterocycles. The van der Waals surface area contributed by atoms with Gasteiger partial charge in [0, 0.05) is 24.9 Å². The number of rotatable bonds is 7. The van der Waals surface area contributed by atoms with Crippen molar-refractivity contribution in [2.45, 2.75) is 32.1 Å². The van der Waals surface area contributed by atoms with Gasteiger partial charge in [-0.2, -0.15) is 11.8 Å². The van der Waals surface area contributed by atoms with Gasteiger partial charge in [0.25, 0.3) is 0 Å². The molecule has 136 valence electrons. The number of aliphatic imine (C=N–C) groups is 1. The summed E-state index contributed by atoms with van der Waals surface area (Å²) in [6.45, 7) is 8.03. The molecule has 0 aliphatic carbocycles. The molecule has 1 aromatic rings. The summed E-state index contributed by atoms with van der Waals surface area (Å²) in [5, 5.41) is 6.59. The average Bonchev–Trinajstić information content (AvgIpc) is 2.55. The van der Waals surface area contributed by atoms with Crippen LogP contribution in [0.2, 0.25) is 0 Å². The van der Waals surface area contributed by atoms with Gasteiger partial charge in [0.15, 0.2) is 5.96 Å². The second kappa shape index (κ2) is 11.6. The summed E-state index contributed by atoms with van der Waals surface area (Å²) in [4.78, 5) is 15.8.